The summed E-state index contributed by atoms with van der Waals surface area (Å²) >= 11 is 7.28. The number of anilines is 1. The predicted molar refractivity (Wildman–Crippen MR) is 87.5 cm³/mol. The molecule has 0 bridgehead atoms. The Labute approximate surface area is 146 Å². The molecule has 0 aliphatic carbocycles. The second-order valence-corrected chi connectivity index (χ2v) is 6.90. The van der Waals surface area contributed by atoms with E-state index in [0.29, 0.717) is 34.4 Å². The summed E-state index contributed by atoms with van der Waals surface area (Å²) in [4.78, 5) is 5.74. The Balaban J connectivity index is 1.86. The molecule has 8 heteroatoms. The number of rotatable bonds is 2. The maximum Gasteiger partial charge on any atom is 0.434 e. The van der Waals surface area contributed by atoms with Gasteiger partial charge in [-0.25, -0.2) is 4.98 Å². The summed E-state index contributed by atoms with van der Waals surface area (Å²) in [6.45, 7) is 1.22. The minimum Gasteiger partial charge on any atom is -0.369 e. The Morgan fingerprint density at radius 3 is 2.83 bits per heavy atom. The molecule has 1 atom stereocenters. The molecule has 1 saturated heterocycles. The zero-order chi connectivity index (χ0) is 17.3. The molecule has 24 heavy (non-hydrogen) atoms. The van der Waals surface area contributed by atoms with Crippen molar-refractivity contribution in [3.63, 3.8) is 0 Å². The van der Waals surface area contributed by atoms with Gasteiger partial charge in [-0.15, -0.1) is 11.3 Å². The maximum atomic E-state index is 12.7. The fraction of sp³-hybridized carbons (Fsp3) is 0.375. The van der Waals surface area contributed by atoms with Crippen molar-refractivity contribution < 1.29 is 13.2 Å². The molecule has 0 N–H and O–H groups in total. The molecule has 3 nitrogen and oxygen atoms in total. The number of aromatic nitrogens is 1. The van der Waals surface area contributed by atoms with Gasteiger partial charge in [0.25, 0.3) is 0 Å². The highest BCUT2D eigenvalue weighted by Crippen LogP contribution is 2.38. The highest BCUT2D eigenvalue weighted by atomic mass is 35.5. The molecule has 0 amide bonds. The Bertz CT molecular complexity index is 782. The van der Waals surface area contributed by atoms with Crippen LogP contribution in [0.25, 0.3) is 0 Å². The molecule has 1 fully saturated rings. The van der Waals surface area contributed by atoms with Crippen LogP contribution < -0.4 is 4.90 Å². The normalized spacial score (nSPS) is 18.5. The summed E-state index contributed by atoms with van der Waals surface area (Å²) in [5, 5.41) is 11.3. The lowest BCUT2D eigenvalue weighted by atomic mass is 9.97. The van der Waals surface area contributed by atoms with Crippen LogP contribution in [0.5, 0.6) is 0 Å². The summed E-state index contributed by atoms with van der Waals surface area (Å²) in [6.07, 6.45) is -2.84. The fourth-order valence-electron chi connectivity index (χ4n) is 2.91. The molecule has 1 aliphatic rings. The fourth-order valence-corrected chi connectivity index (χ4v) is 4.16. The van der Waals surface area contributed by atoms with Crippen LogP contribution in [0.3, 0.4) is 0 Å². The molecule has 1 aliphatic heterocycles. The van der Waals surface area contributed by atoms with E-state index in [1.807, 2.05) is 4.90 Å². The molecule has 1 aromatic heterocycles. The molecule has 126 valence electrons. The summed E-state index contributed by atoms with van der Waals surface area (Å²) in [6, 6.07) is 7.24. The second-order valence-electron chi connectivity index (χ2n) is 5.60. The highest BCUT2D eigenvalue weighted by molar-refractivity contribution is 7.09. The average molecular weight is 372 g/mol. The number of nitriles is 1. The minimum absolute atomic E-state index is 0.0948. The van der Waals surface area contributed by atoms with Crippen LogP contribution in [0, 0.1) is 11.3 Å². The lowest BCUT2D eigenvalue weighted by Gasteiger charge is -2.34. The zero-order valence-corrected chi connectivity index (χ0v) is 14.0. The minimum atomic E-state index is -4.42. The number of hydrogen-bond donors (Lipinski definition) is 0. The third-order valence-corrected chi connectivity index (χ3v) is 5.32. The summed E-state index contributed by atoms with van der Waals surface area (Å²) in [5.74, 6) is -0.0948. The van der Waals surface area contributed by atoms with Gasteiger partial charge in [-0.05, 0) is 25.0 Å². The van der Waals surface area contributed by atoms with E-state index in [4.69, 9.17) is 11.6 Å². The Hall–Kier alpha value is -1.78. The number of alkyl halides is 3. The molecule has 2 heterocycles. The van der Waals surface area contributed by atoms with E-state index < -0.39 is 11.9 Å². The van der Waals surface area contributed by atoms with Crippen LogP contribution >= 0.6 is 22.9 Å². The molecule has 1 aromatic carbocycles. The van der Waals surface area contributed by atoms with Gasteiger partial charge < -0.3 is 4.90 Å². The number of nitrogens with zero attached hydrogens (tertiary/aromatic N) is 3. The maximum absolute atomic E-state index is 12.7. The number of halogens is 4. The summed E-state index contributed by atoms with van der Waals surface area (Å²) < 4.78 is 38.2. The lowest BCUT2D eigenvalue weighted by Crippen LogP contribution is -2.35. The van der Waals surface area contributed by atoms with Crippen molar-refractivity contribution in [2.45, 2.75) is 24.9 Å². The van der Waals surface area contributed by atoms with Gasteiger partial charge in [-0.2, -0.15) is 18.4 Å². The van der Waals surface area contributed by atoms with Crippen LogP contribution in [0.4, 0.5) is 18.9 Å². The van der Waals surface area contributed by atoms with Crippen molar-refractivity contribution in [3.05, 3.63) is 44.9 Å². The number of piperidine rings is 1. The van der Waals surface area contributed by atoms with Crippen molar-refractivity contribution >= 4 is 28.6 Å². The van der Waals surface area contributed by atoms with E-state index in [1.54, 1.807) is 18.2 Å². The Morgan fingerprint density at radius 2 is 2.17 bits per heavy atom. The van der Waals surface area contributed by atoms with Crippen molar-refractivity contribution in [1.29, 1.82) is 5.26 Å². The number of thiazole rings is 1. The van der Waals surface area contributed by atoms with E-state index >= 15 is 0 Å². The van der Waals surface area contributed by atoms with Gasteiger partial charge >= 0.3 is 6.18 Å². The smallest absolute Gasteiger partial charge is 0.369 e. The van der Waals surface area contributed by atoms with Crippen LogP contribution in [0.15, 0.2) is 23.6 Å². The van der Waals surface area contributed by atoms with Gasteiger partial charge in [0.1, 0.15) is 6.07 Å². The topological polar surface area (TPSA) is 39.9 Å². The van der Waals surface area contributed by atoms with E-state index in [1.165, 1.54) is 0 Å². The van der Waals surface area contributed by atoms with E-state index in [2.05, 4.69) is 11.1 Å². The number of hydrogen-bond acceptors (Lipinski definition) is 4. The van der Waals surface area contributed by atoms with E-state index in [9.17, 15) is 18.4 Å². The Kier molecular flexibility index (Phi) is 4.70. The molecule has 0 radical (unpaired) electrons. The first kappa shape index (κ1) is 17.1. The van der Waals surface area contributed by atoms with Crippen molar-refractivity contribution in [3.8, 4) is 6.07 Å². The second kappa shape index (κ2) is 6.61. The highest BCUT2D eigenvalue weighted by Gasteiger charge is 2.35. The van der Waals surface area contributed by atoms with Gasteiger partial charge in [-0.1, -0.05) is 17.7 Å². The van der Waals surface area contributed by atoms with Crippen molar-refractivity contribution in [2.24, 2.45) is 0 Å². The molecule has 0 saturated carbocycles. The molecular formula is C16H13ClF3N3S. The first-order valence-corrected chi connectivity index (χ1v) is 8.62. The van der Waals surface area contributed by atoms with E-state index in [0.717, 1.165) is 29.6 Å². The lowest BCUT2D eigenvalue weighted by molar-refractivity contribution is -0.140. The monoisotopic (exact) mass is 371 g/mol. The Morgan fingerprint density at radius 1 is 1.38 bits per heavy atom. The number of benzene rings is 1. The molecule has 3 rings (SSSR count). The zero-order valence-electron chi connectivity index (χ0n) is 12.5. The number of para-hydroxylation sites is 1. The van der Waals surface area contributed by atoms with Gasteiger partial charge in [0.2, 0.25) is 0 Å². The van der Waals surface area contributed by atoms with Crippen LogP contribution in [-0.4, -0.2) is 18.1 Å². The summed E-state index contributed by atoms with van der Waals surface area (Å²) in [5.41, 5.74) is 0.285. The quantitative estimate of drug-likeness (QED) is 0.739. The molecule has 2 aromatic rings. The first-order chi connectivity index (χ1) is 11.4. The van der Waals surface area contributed by atoms with Gasteiger partial charge in [-0.3, -0.25) is 0 Å². The van der Waals surface area contributed by atoms with Crippen LogP contribution in [0.2, 0.25) is 5.02 Å². The third-order valence-electron chi connectivity index (χ3n) is 4.01. The SMILES string of the molecule is N#Cc1cccc(Cl)c1N1CCCC(c2nc(C(F)(F)F)cs2)C1. The summed E-state index contributed by atoms with van der Waals surface area (Å²) in [7, 11) is 0. The van der Waals surface area contributed by atoms with Gasteiger partial charge in [0, 0.05) is 24.4 Å². The van der Waals surface area contributed by atoms with Crippen molar-refractivity contribution in [1.82, 2.24) is 4.98 Å². The van der Waals surface area contributed by atoms with Gasteiger partial charge in [0.05, 0.1) is 21.3 Å². The van der Waals surface area contributed by atoms with E-state index in [-0.39, 0.29) is 5.92 Å². The predicted octanol–water partition coefficient (Wildman–Crippen LogP) is 5.07. The van der Waals surface area contributed by atoms with Gasteiger partial charge in [0.15, 0.2) is 5.69 Å². The molecule has 1 unspecified atom stereocenters. The molecule has 0 spiro atoms. The average Bonchev–Trinajstić information content (AvgIpc) is 3.05. The first-order valence-electron chi connectivity index (χ1n) is 7.36. The third kappa shape index (κ3) is 3.35. The van der Waals surface area contributed by atoms with Crippen LogP contribution in [0.1, 0.15) is 35.0 Å². The molecular weight excluding hydrogens is 359 g/mol. The standard InChI is InChI=1S/C16H13ClF3N3S/c17-12-5-1-3-10(7-21)14(12)23-6-2-4-11(8-23)15-22-13(9-24-15)16(18,19)20/h1,3,5,9,11H,2,4,6,8H2. The van der Waals surface area contributed by atoms with Crippen molar-refractivity contribution in [2.75, 3.05) is 18.0 Å². The van der Waals surface area contributed by atoms with Crippen LogP contribution in [-0.2, 0) is 6.18 Å². The largest absolute Gasteiger partial charge is 0.434 e.